The van der Waals surface area contributed by atoms with Gasteiger partial charge in [-0.05, 0) is 19.2 Å². The summed E-state index contributed by atoms with van der Waals surface area (Å²) in [6.45, 7) is 16.4. The second-order valence-electron chi connectivity index (χ2n) is 4.59. The van der Waals surface area contributed by atoms with Crippen LogP contribution in [0, 0.1) is 58.4 Å². The van der Waals surface area contributed by atoms with Gasteiger partial charge in [0, 0.05) is 12.2 Å². The summed E-state index contributed by atoms with van der Waals surface area (Å²) in [6, 6.07) is 6.02. The Labute approximate surface area is 273 Å². The van der Waals surface area contributed by atoms with Crippen molar-refractivity contribution in [3.8, 4) is 0 Å². The molecule has 4 nitrogen and oxygen atoms in total. The van der Waals surface area contributed by atoms with Crippen molar-refractivity contribution in [2.24, 2.45) is 0 Å². The fraction of sp³-hybridized carbons (Fsp3) is 0.406. The fourth-order valence-corrected chi connectivity index (χ4v) is 1.79. The van der Waals surface area contributed by atoms with Gasteiger partial charge in [0.15, 0.2) is 0 Å². The Kier molecular flexibility index (Phi) is 168. The van der Waals surface area contributed by atoms with Crippen molar-refractivity contribution < 1.29 is 39.0 Å². The summed E-state index contributed by atoms with van der Waals surface area (Å²) < 4.78 is 0. The van der Waals surface area contributed by atoms with Gasteiger partial charge >= 0.3 is 39.0 Å². The first kappa shape index (κ1) is 90.6. The molecule has 1 aromatic rings. The molecule has 0 spiro atoms. The fourth-order valence-electron chi connectivity index (χ4n) is 1.79. The van der Waals surface area contributed by atoms with E-state index < -0.39 is 0 Å². The van der Waals surface area contributed by atoms with Gasteiger partial charge in [-0.25, -0.2) is 0 Å². The van der Waals surface area contributed by atoms with E-state index in [0.29, 0.717) is 0 Å². The van der Waals surface area contributed by atoms with Crippen molar-refractivity contribution in [2.75, 3.05) is 14.1 Å². The van der Waals surface area contributed by atoms with Gasteiger partial charge in [-0.15, -0.1) is 13.5 Å². The summed E-state index contributed by atoms with van der Waals surface area (Å²) in [7, 11) is 3.65. The number of hydrogen-bond acceptors (Lipinski definition) is 2. The Hall–Kier alpha value is -0.823. The number of pyridine rings is 1. The number of nitrogens with zero attached hydrogens (tertiary/aromatic N) is 3. The molecule has 0 aromatic carbocycles. The number of allylic oxidation sites excluding steroid dienone is 4. The van der Waals surface area contributed by atoms with Gasteiger partial charge < -0.3 is 74.4 Å². The Morgan fingerprint density at radius 1 is 0.868 bits per heavy atom. The first-order valence-corrected chi connectivity index (χ1v) is 9.29. The minimum absolute atomic E-state index is 0. The molecule has 6 heteroatoms. The molecule has 1 aromatic heterocycles. The number of aromatic nitrogens is 1. The van der Waals surface area contributed by atoms with Crippen LogP contribution in [0.5, 0.6) is 0 Å². The first-order chi connectivity index (χ1) is 12.7. The zero-order valence-corrected chi connectivity index (χ0v) is 27.6. The van der Waals surface area contributed by atoms with Crippen LogP contribution >= 0.6 is 0 Å². The molecular weight excluding hydrogens is 643 g/mol. The van der Waals surface area contributed by atoms with E-state index in [1.165, 1.54) is 0 Å². The maximum atomic E-state index is 4.36. The molecule has 2 heterocycles. The van der Waals surface area contributed by atoms with Crippen molar-refractivity contribution in [3.63, 3.8) is 0 Å². The van der Waals surface area contributed by atoms with E-state index in [9.17, 15) is 0 Å². The van der Waals surface area contributed by atoms with E-state index in [1.54, 1.807) is 13.2 Å². The molecule has 38 heavy (non-hydrogen) atoms. The minimum Gasteiger partial charge on any atom is -0.694 e. The SMILES string of the molecule is C.C.C.C.CC.CC.[CH2-]CC1=CC=CC(=C[N-]C)[N-]1.[CH2-]Cc1cccc(CNC)n1.[CH3-].[CH3-].[CH3-].[CH3-].[CH3-].[CH3-].[Ru+5].[Ru+6]. The maximum Gasteiger partial charge on any atom is 6.00 e. The molecule has 1 N–H and O–H groups in total. The maximum absolute atomic E-state index is 4.36. The van der Waals surface area contributed by atoms with Crippen molar-refractivity contribution in [1.29, 1.82) is 0 Å². The summed E-state index contributed by atoms with van der Waals surface area (Å²) in [4.78, 5) is 4.36. The monoisotopic (exact) mass is 714 g/mol. The van der Waals surface area contributed by atoms with Gasteiger partial charge in [-0.2, -0.15) is 24.0 Å². The Morgan fingerprint density at radius 2 is 1.32 bits per heavy atom. The summed E-state index contributed by atoms with van der Waals surface area (Å²) >= 11 is 0. The predicted octanol–water partition coefficient (Wildman–Crippen LogP) is 11.4. The minimum atomic E-state index is 0. The summed E-state index contributed by atoms with van der Waals surface area (Å²) in [6.07, 6.45) is 9.07. The van der Waals surface area contributed by atoms with E-state index in [0.717, 1.165) is 42.2 Å². The summed E-state index contributed by atoms with van der Waals surface area (Å²) in [5.41, 5.74) is 4.03. The normalized spacial score (nSPS) is 8.84. The van der Waals surface area contributed by atoms with Crippen LogP contribution in [0.4, 0.5) is 0 Å². The molecule has 0 atom stereocenters. The second-order valence-corrected chi connectivity index (χ2v) is 4.59. The van der Waals surface area contributed by atoms with Crippen LogP contribution in [0.2, 0.25) is 0 Å². The molecule has 0 fully saturated rings. The topological polar surface area (TPSA) is 53.1 Å². The Bertz CT molecular complexity index is 544. The predicted molar refractivity (Wildman–Crippen MR) is 182 cm³/mol. The average Bonchev–Trinajstić information content (AvgIpc) is 2.72. The third-order valence-electron chi connectivity index (χ3n) is 2.82. The van der Waals surface area contributed by atoms with E-state index in [1.807, 2.05) is 71.2 Å². The van der Waals surface area contributed by atoms with Crippen molar-refractivity contribution >= 4 is 0 Å². The molecule has 0 unspecified atom stereocenters. The molecule has 1 radical (unpaired) electrons. The standard InChI is InChI=1S/C9H13N2.C9H11N2.2C2H6.4CH4.6CH3.2Ru/c2*1-3-8-5-4-6-9(11-8)7-10-2;2*1-2;;;;;;;;;;;;/h4-6,10H,1,3,7H2,2H3;4-7H,1,3H2,2H3;2*1-2H3;4*1H4;6*1H3;;/q-1;-3;;;;;;;6*-1;+5;+6. The average molecular weight is 713 g/mol. The van der Waals surface area contributed by atoms with Gasteiger partial charge in [0.05, 0.1) is 5.69 Å². The van der Waals surface area contributed by atoms with Crippen molar-refractivity contribution in [3.05, 3.63) is 134 Å². The van der Waals surface area contributed by atoms with Crippen LogP contribution in [-0.2, 0) is 51.9 Å². The van der Waals surface area contributed by atoms with Crippen LogP contribution in [0.25, 0.3) is 10.6 Å². The van der Waals surface area contributed by atoms with Crippen LogP contribution in [0.15, 0.2) is 54.0 Å². The number of rotatable bonds is 5. The van der Waals surface area contributed by atoms with E-state index in [2.05, 4.69) is 34.8 Å². The van der Waals surface area contributed by atoms with Gasteiger partial charge in [0.1, 0.15) is 0 Å². The van der Waals surface area contributed by atoms with Crippen LogP contribution < -0.4 is 5.32 Å². The van der Waals surface area contributed by atoms with E-state index in [4.69, 9.17) is 0 Å². The zero-order chi connectivity index (χ0) is 20.2. The molecule has 0 bridgehead atoms. The molecule has 233 valence electrons. The van der Waals surface area contributed by atoms with Crippen LogP contribution in [-0.4, -0.2) is 19.1 Å². The Balaban J connectivity index is -0.0000000174. The molecule has 1 aliphatic rings. The Morgan fingerprint density at radius 3 is 1.68 bits per heavy atom. The number of hydrogen-bond donors (Lipinski definition) is 1. The molecular formula is C32H70N4Ru2+. The third kappa shape index (κ3) is 48.3. The second kappa shape index (κ2) is 70.6. The quantitative estimate of drug-likeness (QED) is 0.244. The molecule has 2 rings (SSSR count). The molecule has 0 amide bonds. The van der Waals surface area contributed by atoms with Gasteiger partial charge in [0.2, 0.25) is 0 Å². The molecule has 0 saturated carbocycles. The van der Waals surface area contributed by atoms with Crippen molar-refractivity contribution in [1.82, 2.24) is 10.3 Å². The van der Waals surface area contributed by atoms with E-state index in [-0.39, 0.29) is 113 Å². The van der Waals surface area contributed by atoms with Gasteiger partial charge in [-0.3, -0.25) is 4.98 Å². The van der Waals surface area contributed by atoms with Crippen LogP contribution in [0.3, 0.4) is 0 Å². The van der Waals surface area contributed by atoms with Gasteiger partial charge in [0.25, 0.3) is 0 Å². The zero-order valence-electron chi connectivity index (χ0n) is 24.1. The van der Waals surface area contributed by atoms with E-state index >= 15 is 0 Å². The van der Waals surface area contributed by atoms with Gasteiger partial charge in [-0.1, -0.05) is 81.7 Å². The largest absolute Gasteiger partial charge is 6.00 e. The smallest absolute Gasteiger partial charge is 0.694 e. The molecule has 0 saturated heterocycles. The third-order valence-corrected chi connectivity index (χ3v) is 2.82. The van der Waals surface area contributed by atoms with Crippen LogP contribution in [0.1, 0.15) is 75.2 Å². The molecule has 1 aliphatic heterocycles. The summed E-state index contributed by atoms with van der Waals surface area (Å²) in [5.74, 6) is 0. The summed E-state index contributed by atoms with van der Waals surface area (Å²) in [5, 5.41) is 11.2. The van der Waals surface area contributed by atoms with Crippen molar-refractivity contribution in [2.45, 2.75) is 76.8 Å². The first-order valence-electron chi connectivity index (χ1n) is 9.29. The molecule has 0 aliphatic carbocycles. The number of nitrogens with one attached hydrogen (secondary N) is 1.